The molecule has 1 atom stereocenters. The molecule has 4 aromatic rings. The van der Waals surface area contributed by atoms with Crippen LogP contribution in [0, 0.1) is 12.7 Å². The fourth-order valence-corrected chi connectivity index (χ4v) is 4.94. The van der Waals surface area contributed by atoms with Crippen LogP contribution in [0.4, 0.5) is 23.4 Å². The van der Waals surface area contributed by atoms with E-state index in [1.807, 2.05) is 37.3 Å². The molecule has 0 saturated carbocycles. The SMILES string of the molecule is Cc1cc(CC(=O)Cc2cc(C(F)(F)F)ccc2F)ccc1C1CNc2c3ccccc3nc(=O)n2C1. The summed E-state index contributed by atoms with van der Waals surface area (Å²) in [6, 6.07) is 15.1. The molecule has 0 saturated heterocycles. The first-order chi connectivity index (χ1) is 17.6. The molecule has 190 valence electrons. The average molecular weight is 510 g/mol. The Morgan fingerprint density at radius 2 is 1.86 bits per heavy atom. The normalized spacial score (nSPS) is 15.3. The summed E-state index contributed by atoms with van der Waals surface area (Å²) >= 11 is 0. The van der Waals surface area contributed by atoms with Crippen molar-refractivity contribution < 1.29 is 22.4 Å². The van der Waals surface area contributed by atoms with Crippen LogP contribution in [0.2, 0.25) is 0 Å². The minimum Gasteiger partial charge on any atom is -0.370 e. The number of anilines is 1. The predicted octanol–water partition coefficient (Wildman–Crippen LogP) is 5.43. The van der Waals surface area contributed by atoms with E-state index < -0.39 is 24.0 Å². The highest BCUT2D eigenvalue weighted by atomic mass is 19.4. The number of para-hydroxylation sites is 1. The van der Waals surface area contributed by atoms with Crippen LogP contribution in [0.15, 0.2) is 65.5 Å². The number of hydrogen-bond acceptors (Lipinski definition) is 4. The first-order valence-corrected chi connectivity index (χ1v) is 11.8. The molecule has 0 bridgehead atoms. The number of alkyl halides is 3. The number of nitrogens with zero attached hydrogens (tertiary/aromatic N) is 2. The molecule has 3 aromatic carbocycles. The number of halogens is 4. The number of aromatic nitrogens is 2. The van der Waals surface area contributed by atoms with E-state index in [9.17, 15) is 27.2 Å². The summed E-state index contributed by atoms with van der Waals surface area (Å²) in [6.45, 7) is 2.97. The molecule has 1 aliphatic rings. The summed E-state index contributed by atoms with van der Waals surface area (Å²) in [6.07, 6.45) is -5.07. The third-order valence-corrected chi connectivity index (χ3v) is 6.73. The van der Waals surface area contributed by atoms with Gasteiger partial charge in [-0.2, -0.15) is 18.2 Å². The van der Waals surface area contributed by atoms with Crippen molar-refractivity contribution in [3.63, 3.8) is 0 Å². The van der Waals surface area contributed by atoms with Crippen molar-refractivity contribution in [1.29, 1.82) is 0 Å². The highest BCUT2D eigenvalue weighted by molar-refractivity contribution is 5.89. The van der Waals surface area contributed by atoms with Crippen LogP contribution in [0.3, 0.4) is 0 Å². The lowest BCUT2D eigenvalue weighted by molar-refractivity contribution is -0.137. The molecular weight excluding hydrogens is 486 g/mol. The van der Waals surface area contributed by atoms with Gasteiger partial charge in [0.15, 0.2) is 0 Å². The maximum Gasteiger partial charge on any atom is 0.416 e. The molecule has 0 amide bonds. The van der Waals surface area contributed by atoms with E-state index >= 15 is 0 Å². The summed E-state index contributed by atoms with van der Waals surface area (Å²) in [4.78, 5) is 29.4. The monoisotopic (exact) mass is 509 g/mol. The molecule has 0 fully saturated rings. The van der Waals surface area contributed by atoms with Crippen LogP contribution in [0.1, 0.15) is 33.7 Å². The predicted molar refractivity (Wildman–Crippen MR) is 132 cm³/mol. The first kappa shape index (κ1) is 24.7. The minimum absolute atomic E-state index is 0.00267. The standard InChI is InChI=1S/C28H23F4N3O2/c1-16-10-17(11-21(36)13-18-12-20(28(30,31)32)7-9-24(18)29)6-8-22(16)19-14-33-26-23-4-2-3-5-25(23)34-27(37)35(26)15-19/h2-10,12,19,33H,11,13-15H2,1H3. The minimum atomic E-state index is -4.61. The van der Waals surface area contributed by atoms with E-state index in [0.29, 0.717) is 36.3 Å². The molecule has 0 spiro atoms. The molecule has 0 aliphatic carbocycles. The number of carbonyl (C=O) groups is 1. The lowest BCUT2D eigenvalue weighted by Gasteiger charge is -2.29. The Balaban J connectivity index is 1.32. The highest BCUT2D eigenvalue weighted by Gasteiger charge is 2.31. The Labute approximate surface area is 209 Å². The van der Waals surface area contributed by atoms with E-state index in [1.165, 1.54) is 0 Å². The number of nitrogens with one attached hydrogen (secondary N) is 1. The average Bonchev–Trinajstić information content (AvgIpc) is 2.85. The van der Waals surface area contributed by atoms with Crippen LogP contribution in [-0.2, 0) is 30.4 Å². The first-order valence-electron chi connectivity index (χ1n) is 11.8. The van der Waals surface area contributed by atoms with Gasteiger partial charge in [-0.25, -0.2) is 9.18 Å². The number of aryl methyl sites for hydroxylation is 1. The lowest BCUT2D eigenvalue weighted by atomic mass is 9.90. The molecular formula is C28H23F4N3O2. The quantitative estimate of drug-likeness (QED) is 0.365. The number of carbonyl (C=O) groups excluding carboxylic acids is 1. The van der Waals surface area contributed by atoms with Crippen molar-refractivity contribution >= 4 is 22.5 Å². The second-order valence-corrected chi connectivity index (χ2v) is 9.34. The largest absolute Gasteiger partial charge is 0.416 e. The third kappa shape index (κ3) is 4.98. The topological polar surface area (TPSA) is 64.0 Å². The van der Waals surface area contributed by atoms with E-state index in [0.717, 1.165) is 28.4 Å². The van der Waals surface area contributed by atoms with E-state index in [1.54, 1.807) is 16.7 Å². The highest BCUT2D eigenvalue weighted by Crippen LogP contribution is 2.32. The Bertz CT molecular complexity index is 1580. The summed E-state index contributed by atoms with van der Waals surface area (Å²) in [7, 11) is 0. The Kier molecular flexibility index (Phi) is 6.31. The van der Waals surface area contributed by atoms with Crippen LogP contribution in [-0.4, -0.2) is 21.9 Å². The number of benzene rings is 3. The van der Waals surface area contributed by atoms with Gasteiger partial charge in [0.05, 0.1) is 11.1 Å². The molecule has 1 N–H and O–H groups in total. The second kappa shape index (κ2) is 9.46. The van der Waals surface area contributed by atoms with Gasteiger partial charge in [0.1, 0.15) is 17.4 Å². The Morgan fingerprint density at radius 3 is 2.62 bits per heavy atom. The zero-order valence-electron chi connectivity index (χ0n) is 19.9. The molecule has 2 heterocycles. The zero-order valence-corrected chi connectivity index (χ0v) is 19.9. The third-order valence-electron chi connectivity index (χ3n) is 6.73. The van der Waals surface area contributed by atoms with Gasteiger partial charge in [-0.15, -0.1) is 0 Å². The van der Waals surface area contributed by atoms with Gasteiger partial charge in [0, 0.05) is 37.2 Å². The maximum atomic E-state index is 14.0. The molecule has 37 heavy (non-hydrogen) atoms. The van der Waals surface area contributed by atoms with Gasteiger partial charge in [0.2, 0.25) is 0 Å². The van der Waals surface area contributed by atoms with Gasteiger partial charge < -0.3 is 5.32 Å². The summed E-state index contributed by atoms with van der Waals surface area (Å²) in [5, 5.41) is 4.25. The van der Waals surface area contributed by atoms with Gasteiger partial charge in [0.25, 0.3) is 0 Å². The lowest BCUT2D eigenvalue weighted by Crippen LogP contribution is -2.35. The number of ketones is 1. The van der Waals surface area contributed by atoms with E-state index in [-0.39, 0.29) is 29.4 Å². The molecule has 5 rings (SSSR count). The maximum absolute atomic E-state index is 14.0. The molecule has 5 nitrogen and oxygen atoms in total. The molecule has 9 heteroatoms. The van der Waals surface area contributed by atoms with Gasteiger partial charge >= 0.3 is 11.9 Å². The van der Waals surface area contributed by atoms with Crippen molar-refractivity contribution in [2.45, 2.75) is 38.4 Å². The van der Waals surface area contributed by atoms with Crippen LogP contribution in [0.25, 0.3) is 10.9 Å². The van der Waals surface area contributed by atoms with E-state index in [2.05, 4.69) is 10.3 Å². The van der Waals surface area contributed by atoms with Gasteiger partial charge in [-0.1, -0.05) is 30.3 Å². The van der Waals surface area contributed by atoms with E-state index in [4.69, 9.17) is 0 Å². The van der Waals surface area contributed by atoms with Crippen molar-refractivity contribution in [3.8, 4) is 0 Å². The Morgan fingerprint density at radius 1 is 1.08 bits per heavy atom. The van der Waals surface area contributed by atoms with Crippen LogP contribution >= 0.6 is 0 Å². The number of Topliss-reactive ketones (excluding diaryl/α,β-unsaturated/α-hetero) is 1. The fraction of sp³-hybridized carbons (Fsp3) is 0.250. The molecule has 0 radical (unpaired) electrons. The summed E-state index contributed by atoms with van der Waals surface area (Å²) in [5.41, 5.74) is 1.68. The molecule has 1 unspecified atom stereocenters. The number of rotatable bonds is 5. The number of fused-ring (bicyclic) bond motifs is 3. The van der Waals surface area contributed by atoms with Crippen molar-refractivity contribution in [1.82, 2.24) is 9.55 Å². The van der Waals surface area contributed by atoms with Crippen molar-refractivity contribution in [3.05, 3.63) is 105 Å². The fourth-order valence-electron chi connectivity index (χ4n) is 4.94. The van der Waals surface area contributed by atoms with Crippen molar-refractivity contribution in [2.24, 2.45) is 0 Å². The van der Waals surface area contributed by atoms with Crippen LogP contribution < -0.4 is 11.0 Å². The van der Waals surface area contributed by atoms with Gasteiger partial charge in [-0.05, 0) is 59.5 Å². The van der Waals surface area contributed by atoms with Gasteiger partial charge in [-0.3, -0.25) is 9.36 Å². The smallest absolute Gasteiger partial charge is 0.370 e. The second-order valence-electron chi connectivity index (χ2n) is 9.34. The Hall–Kier alpha value is -4.01. The van der Waals surface area contributed by atoms with Crippen LogP contribution in [0.5, 0.6) is 0 Å². The number of hydrogen-bond donors (Lipinski definition) is 1. The van der Waals surface area contributed by atoms with Crippen molar-refractivity contribution in [2.75, 3.05) is 11.9 Å². The summed E-state index contributed by atoms with van der Waals surface area (Å²) < 4.78 is 54.6. The molecule has 1 aliphatic heterocycles. The summed E-state index contributed by atoms with van der Waals surface area (Å²) in [5.74, 6) is -0.482. The molecule has 1 aromatic heterocycles. The zero-order chi connectivity index (χ0) is 26.3.